The summed E-state index contributed by atoms with van der Waals surface area (Å²) in [4.78, 5) is 0. The minimum absolute atomic E-state index is 0.0677. The van der Waals surface area contributed by atoms with Crippen molar-refractivity contribution in [1.29, 1.82) is 0 Å². The summed E-state index contributed by atoms with van der Waals surface area (Å²) in [6.45, 7) is 7.85. The first-order valence-corrected chi connectivity index (χ1v) is 4.42. The van der Waals surface area contributed by atoms with Gasteiger partial charge in [-0.3, -0.25) is 0 Å². The Morgan fingerprint density at radius 3 is 1.86 bits per heavy atom. The summed E-state index contributed by atoms with van der Waals surface area (Å²) in [7, 11) is 0. The SMILES string of the molecule is C=CCOCC=C.OCCC(O)CO. The van der Waals surface area contributed by atoms with Gasteiger partial charge in [-0.15, -0.1) is 13.2 Å². The Labute approximate surface area is 85.1 Å². The van der Waals surface area contributed by atoms with Crippen LogP contribution in [0.5, 0.6) is 0 Å². The zero-order valence-electron chi connectivity index (χ0n) is 8.43. The lowest BCUT2D eigenvalue weighted by Gasteiger charge is -2.00. The van der Waals surface area contributed by atoms with Crippen molar-refractivity contribution in [2.75, 3.05) is 26.4 Å². The van der Waals surface area contributed by atoms with E-state index in [0.29, 0.717) is 13.2 Å². The fraction of sp³-hybridized carbons (Fsp3) is 0.600. The molecule has 0 saturated carbocycles. The van der Waals surface area contributed by atoms with Crippen LogP contribution in [0, 0.1) is 0 Å². The molecular weight excluding hydrogens is 184 g/mol. The van der Waals surface area contributed by atoms with E-state index in [2.05, 4.69) is 13.2 Å². The quantitative estimate of drug-likeness (QED) is 0.406. The molecule has 0 fully saturated rings. The van der Waals surface area contributed by atoms with Crippen LogP contribution in [0.1, 0.15) is 6.42 Å². The number of hydrogen-bond acceptors (Lipinski definition) is 4. The van der Waals surface area contributed by atoms with Gasteiger partial charge < -0.3 is 20.1 Å². The summed E-state index contributed by atoms with van der Waals surface area (Å²) in [5, 5.41) is 24.6. The molecule has 0 rings (SSSR count). The fourth-order valence-corrected chi connectivity index (χ4v) is 0.475. The van der Waals surface area contributed by atoms with Crippen LogP contribution < -0.4 is 0 Å². The second-order valence-corrected chi connectivity index (χ2v) is 2.46. The van der Waals surface area contributed by atoms with Gasteiger partial charge in [0.1, 0.15) is 0 Å². The highest BCUT2D eigenvalue weighted by atomic mass is 16.5. The van der Waals surface area contributed by atoms with Crippen LogP contribution in [0.15, 0.2) is 25.3 Å². The van der Waals surface area contributed by atoms with Crippen LogP contribution in [0.2, 0.25) is 0 Å². The van der Waals surface area contributed by atoms with Gasteiger partial charge in [-0.25, -0.2) is 0 Å². The third-order valence-corrected chi connectivity index (χ3v) is 1.14. The summed E-state index contributed by atoms with van der Waals surface area (Å²) in [6, 6.07) is 0. The largest absolute Gasteiger partial charge is 0.396 e. The topological polar surface area (TPSA) is 69.9 Å². The fourth-order valence-electron chi connectivity index (χ4n) is 0.475. The van der Waals surface area contributed by atoms with Crippen LogP contribution in [0.25, 0.3) is 0 Å². The maximum atomic E-state index is 8.45. The van der Waals surface area contributed by atoms with Gasteiger partial charge in [0.25, 0.3) is 0 Å². The molecule has 0 aromatic rings. The van der Waals surface area contributed by atoms with Gasteiger partial charge in [0.15, 0.2) is 0 Å². The molecule has 1 atom stereocenters. The molecule has 14 heavy (non-hydrogen) atoms. The molecule has 0 aliphatic rings. The van der Waals surface area contributed by atoms with E-state index in [1.54, 1.807) is 12.2 Å². The first kappa shape index (κ1) is 15.8. The lowest BCUT2D eigenvalue weighted by molar-refractivity contribution is 0.0721. The van der Waals surface area contributed by atoms with Gasteiger partial charge in [-0.05, 0) is 6.42 Å². The molecule has 84 valence electrons. The Bertz CT molecular complexity index is 117. The van der Waals surface area contributed by atoms with Crippen molar-refractivity contribution in [3.63, 3.8) is 0 Å². The Morgan fingerprint density at radius 2 is 1.64 bits per heavy atom. The maximum absolute atomic E-state index is 8.45. The number of hydrogen-bond donors (Lipinski definition) is 3. The second kappa shape index (κ2) is 14.8. The lowest BCUT2D eigenvalue weighted by Crippen LogP contribution is -2.12. The summed E-state index contributed by atoms with van der Waals surface area (Å²) < 4.78 is 4.90. The Morgan fingerprint density at radius 1 is 1.14 bits per heavy atom. The molecule has 0 bridgehead atoms. The maximum Gasteiger partial charge on any atom is 0.0792 e. The van der Waals surface area contributed by atoms with Crippen molar-refractivity contribution < 1.29 is 20.1 Å². The van der Waals surface area contributed by atoms with Gasteiger partial charge in [0, 0.05) is 6.61 Å². The minimum atomic E-state index is -0.745. The van der Waals surface area contributed by atoms with Crippen molar-refractivity contribution in [1.82, 2.24) is 0 Å². The monoisotopic (exact) mass is 204 g/mol. The molecule has 0 aliphatic carbocycles. The van der Waals surface area contributed by atoms with Gasteiger partial charge >= 0.3 is 0 Å². The van der Waals surface area contributed by atoms with E-state index in [1.165, 1.54) is 0 Å². The van der Waals surface area contributed by atoms with E-state index in [0.717, 1.165) is 0 Å². The molecule has 1 unspecified atom stereocenters. The number of aliphatic hydroxyl groups excluding tert-OH is 3. The van der Waals surface area contributed by atoms with E-state index in [-0.39, 0.29) is 19.6 Å². The van der Waals surface area contributed by atoms with Gasteiger partial charge in [0.2, 0.25) is 0 Å². The van der Waals surface area contributed by atoms with Crippen molar-refractivity contribution in [2.45, 2.75) is 12.5 Å². The summed E-state index contributed by atoms with van der Waals surface area (Å²) in [5.41, 5.74) is 0. The van der Waals surface area contributed by atoms with Crippen LogP contribution in [0.3, 0.4) is 0 Å². The predicted molar refractivity (Wildman–Crippen MR) is 56.0 cm³/mol. The molecule has 0 radical (unpaired) electrons. The molecule has 0 spiro atoms. The minimum Gasteiger partial charge on any atom is -0.396 e. The average molecular weight is 204 g/mol. The molecule has 0 aliphatic heterocycles. The van der Waals surface area contributed by atoms with Gasteiger partial charge in [0.05, 0.1) is 25.9 Å². The van der Waals surface area contributed by atoms with E-state index >= 15 is 0 Å². The predicted octanol–water partition coefficient (Wildman–Crippen LogP) is 0.0970. The van der Waals surface area contributed by atoms with Gasteiger partial charge in [-0.1, -0.05) is 12.2 Å². The summed E-state index contributed by atoms with van der Waals surface area (Å²) >= 11 is 0. The van der Waals surface area contributed by atoms with Crippen LogP contribution >= 0.6 is 0 Å². The third-order valence-electron chi connectivity index (χ3n) is 1.14. The Kier molecular flexibility index (Phi) is 16.7. The highest BCUT2D eigenvalue weighted by molar-refractivity contribution is 4.68. The van der Waals surface area contributed by atoms with Crippen LogP contribution in [0.4, 0.5) is 0 Å². The summed E-state index contributed by atoms with van der Waals surface area (Å²) in [6.07, 6.45) is 2.94. The van der Waals surface area contributed by atoms with E-state index in [4.69, 9.17) is 20.1 Å². The Balaban J connectivity index is 0. The average Bonchev–Trinajstić information content (AvgIpc) is 2.20. The van der Waals surface area contributed by atoms with Gasteiger partial charge in [-0.2, -0.15) is 0 Å². The highest BCUT2D eigenvalue weighted by Gasteiger charge is 1.96. The van der Waals surface area contributed by atoms with Crippen LogP contribution in [-0.4, -0.2) is 47.9 Å². The molecule has 0 saturated heterocycles. The van der Waals surface area contributed by atoms with Crippen molar-refractivity contribution in [3.05, 3.63) is 25.3 Å². The van der Waals surface area contributed by atoms with Crippen LogP contribution in [-0.2, 0) is 4.74 Å². The van der Waals surface area contributed by atoms with Crippen molar-refractivity contribution >= 4 is 0 Å². The van der Waals surface area contributed by atoms with E-state index in [1.807, 2.05) is 0 Å². The van der Waals surface area contributed by atoms with Crippen molar-refractivity contribution in [2.24, 2.45) is 0 Å². The zero-order chi connectivity index (χ0) is 11.2. The second-order valence-electron chi connectivity index (χ2n) is 2.46. The molecule has 0 aromatic heterocycles. The zero-order valence-corrected chi connectivity index (χ0v) is 8.43. The number of rotatable bonds is 7. The smallest absolute Gasteiger partial charge is 0.0792 e. The third kappa shape index (κ3) is 17.4. The summed E-state index contributed by atoms with van der Waals surface area (Å²) in [5.74, 6) is 0. The van der Waals surface area contributed by atoms with Crippen molar-refractivity contribution in [3.8, 4) is 0 Å². The first-order valence-electron chi connectivity index (χ1n) is 4.42. The number of aliphatic hydroxyl groups is 3. The van der Waals surface area contributed by atoms with E-state index in [9.17, 15) is 0 Å². The molecule has 0 amide bonds. The molecule has 0 heterocycles. The molecule has 4 heteroatoms. The lowest BCUT2D eigenvalue weighted by atomic mass is 10.3. The number of ether oxygens (including phenoxy) is 1. The molecular formula is C10H20O4. The first-order chi connectivity index (χ1) is 6.72. The molecule has 0 aromatic carbocycles. The van der Waals surface area contributed by atoms with E-state index < -0.39 is 6.10 Å². The molecule has 4 nitrogen and oxygen atoms in total. The highest BCUT2D eigenvalue weighted by Crippen LogP contribution is 1.84. The normalized spacial score (nSPS) is 11.1. The standard InChI is InChI=1S/C6H10O.C4H10O3/c1-3-5-7-6-4-2;5-2-1-4(7)3-6/h3-4H,1-2,5-6H2;4-7H,1-3H2. The molecule has 3 N–H and O–H groups in total. The Hall–Kier alpha value is -0.680.